The van der Waals surface area contributed by atoms with Gasteiger partial charge in [0.25, 0.3) is 0 Å². The van der Waals surface area contributed by atoms with Gasteiger partial charge in [-0.25, -0.2) is 4.39 Å². The molecule has 1 aromatic heterocycles. The van der Waals surface area contributed by atoms with Crippen LogP contribution in [0.3, 0.4) is 0 Å². The largest absolute Gasteiger partial charge is 0.416 e. The maximum Gasteiger partial charge on any atom is 0.416 e. The average Bonchev–Trinajstić information content (AvgIpc) is 3.03. The van der Waals surface area contributed by atoms with Crippen molar-refractivity contribution < 1.29 is 22.4 Å². The molecule has 3 aromatic rings. The molecule has 5 nitrogen and oxygen atoms in total. The van der Waals surface area contributed by atoms with E-state index in [2.05, 4.69) is 15.4 Å². The number of halogens is 4. The molecule has 128 valence electrons. The van der Waals surface area contributed by atoms with E-state index in [1.165, 1.54) is 24.3 Å². The lowest BCUT2D eigenvalue weighted by molar-refractivity contribution is -0.137. The van der Waals surface area contributed by atoms with Crippen LogP contribution in [0.25, 0.3) is 11.4 Å². The summed E-state index contributed by atoms with van der Waals surface area (Å²) in [6.45, 7) is -0.266. The maximum atomic E-state index is 12.9. The molecule has 0 radical (unpaired) electrons. The highest BCUT2D eigenvalue weighted by Crippen LogP contribution is 2.31. The van der Waals surface area contributed by atoms with Crippen molar-refractivity contribution in [1.29, 1.82) is 0 Å². The third-order valence-electron chi connectivity index (χ3n) is 3.35. The molecule has 0 spiro atoms. The molecule has 9 heteroatoms. The normalized spacial score (nSPS) is 11.5. The first-order chi connectivity index (χ1) is 11.8. The number of rotatable bonds is 4. The minimum atomic E-state index is -4.48. The number of aromatic nitrogens is 4. The van der Waals surface area contributed by atoms with Gasteiger partial charge in [-0.2, -0.15) is 18.0 Å². The first-order valence-corrected chi connectivity index (χ1v) is 7.07. The Morgan fingerprint density at radius 3 is 2.48 bits per heavy atom. The Morgan fingerprint density at radius 1 is 1.08 bits per heavy atom. The number of carbonyl (C=O) groups excluding carboxylic acids is 1. The highest BCUT2D eigenvalue weighted by Gasteiger charge is 2.30. The van der Waals surface area contributed by atoms with Crippen molar-refractivity contribution in [1.82, 2.24) is 20.2 Å². The fourth-order valence-electron chi connectivity index (χ4n) is 2.12. The van der Waals surface area contributed by atoms with Crippen molar-refractivity contribution in [2.75, 3.05) is 0 Å². The number of nitrogens with zero attached hydrogens (tertiary/aromatic N) is 4. The molecule has 0 atom stereocenters. The molecule has 0 aliphatic heterocycles. The van der Waals surface area contributed by atoms with Crippen molar-refractivity contribution in [2.45, 2.75) is 12.7 Å². The molecule has 0 aliphatic rings. The quantitative estimate of drug-likeness (QED) is 0.535. The number of alkyl halides is 3. The third kappa shape index (κ3) is 3.87. The molecule has 0 unspecified atom stereocenters. The van der Waals surface area contributed by atoms with Gasteiger partial charge in [0.1, 0.15) is 12.4 Å². The fourth-order valence-corrected chi connectivity index (χ4v) is 2.12. The molecular formula is C16H10F4N4O. The molecule has 0 bridgehead atoms. The van der Waals surface area contributed by atoms with Crippen molar-refractivity contribution in [3.8, 4) is 11.4 Å². The third-order valence-corrected chi connectivity index (χ3v) is 3.35. The van der Waals surface area contributed by atoms with E-state index < -0.39 is 17.6 Å². The summed E-state index contributed by atoms with van der Waals surface area (Å²) in [5.74, 6) is -0.881. The summed E-state index contributed by atoms with van der Waals surface area (Å²) in [5, 5.41) is 11.3. The summed E-state index contributed by atoms with van der Waals surface area (Å²) in [6.07, 6.45) is -4.48. The first-order valence-electron chi connectivity index (χ1n) is 7.07. The molecule has 2 aromatic carbocycles. The van der Waals surface area contributed by atoms with E-state index in [0.717, 1.165) is 29.1 Å². The van der Waals surface area contributed by atoms with Gasteiger partial charge in [0.05, 0.1) is 5.56 Å². The van der Waals surface area contributed by atoms with Gasteiger partial charge < -0.3 is 0 Å². The topological polar surface area (TPSA) is 60.7 Å². The Labute approximate surface area is 138 Å². The SMILES string of the molecule is O=C(Cn1nnc(-c2cccc(C(F)(F)F)c2)n1)c1ccc(F)cc1. The summed E-state index contributed by atoms with van der Waals surface area (Å²) in [4.78, 5) is 13.0. The van der Waals surface area contributed by atoms with Gasteiger partial charge in [-0.3, -0.25) is 4.79 Å². The molecular weight excluding hydrogens is 340 g/mol. The van der Waals surface area contributed by atoms with Crippen LogP contribution in [0.4, 0.5) is 17.6 Å². The van der Waals surface area contributed by atoms with Gasteiger partial charge in [-0.15, -0.1) is 10.2 Å². The number of ketones is 1. The van der Waals surface area contributed by atoms with Crippen molar-refractivity contribution in [3.05, 3.63) is 65.5 Å². The molecule has 0 amide bonds. The van der Waals surface area contributed by atoms with Crippen LogP contribution in [0.2, 0.25) is 0 Å². The summed E-state index contributed by atoms with van der Waals surface area (Å²) in [7, 11) is 0. The van der Waals surface area contributed by atoms with E-state index in [-0.39, 0.29) is 29.3 Å². The van der Waals surface area contributed by atoms with Crippen LogP contribution >= 0.6 is 0 Å². The number of tetrazole rings is 1. The standard InChI is InChI=1S/C16H10F4N4O/c17-13-6-4-10(5-7-13)14(25)9-24-22-15(21-23-24)11-2-1-3-12(8-11)16(18,19)20/h1-8H,9H2. The summed E-state index contributed by atoms with van der Waals surface area (Å²) < 4.78 is 51.1. The van der Waals surface area contributed by atoms with Crippen LogP contribution in [0.5, 0.6) is 0 Å². The zero-order valence-electron chi connectivity index (χ0n) is 12.5. The predicted molar refractivity (Wildman–Crippen MR) is 79.0 cm³/mol. The predicted octanol–water partition coefficient (Wildman–Crippen LogP) is 3.38. The number of carbonyl (C=O) groups is 1. The van der Waals surface area contributed by atoms with Gasteiger partial charge in [0.15, 0.2) is 5.78 Å². The average molecular weight is 350 g/mol. The van der Waals surface area contributed by atoms with Gasteiger partial charge in [0, 0.05) is 11.1 Å². The van der Waals surface area contributed by atoms with E-state index in [0.29, 0.717) is 0 Å². The van der Waals surface area contributed by atoms with E-state index in [1.54, 1.807) is 0 Å². The zero-order valence-corrected chi connectivity index (χ0v) is 12.5. The molecule has 0 fully saturated rings. The van der Waals surface area contributed by atoms with Crippen LogP contribution in [0, 0.1) is 5.82 Å². The van der Waals surface area contributed by atoms with Crippen LogP contribution < -0.4 is 0 Å². The first kappa shape index (κ1) is 16.7. The molecule has 0 saturated heterocycles. The Morgan fingerprint density at radius 2 is 1.80 bits per heavy atom. The second-order valence-corrected chi connectivity index (χ2v) is 5.15. The molecule has 0 N–H and O–H groups in total. The van der Waals surface area contributed by atoms with Gasteiger partial charge in [-0.1, -0.05) is 12.1 Å². The van der Waals surface area contributed by atoms with Crippen LogP contribution in [-0.2, 0) is 12.7 Å². The zero-order chi connectivity index (χ0) is 18.0. The fraction of sp³-hybridized carbons (Fsp3) is 0.125. The monoisotopic (exact) mass is 350 g/mol. The lowest BCUT2D eigenvalue weighted by Crippen LogP contribution is -2.13. The van der Waals surface area contributed by atoms with E-state index in [1.807, 2.05) is 0 Å². The van der Waals surface area contributed by atoms with Crippen molar-refractivity contribution in [2.24, 2.45) is 0 Å². The molecule has 1 heterocycles. The van der Waals surface area contributed by atoms with Crippen molar-refractivity contribution >= 4 is 5.78 Å². The second-order valence-electron chi connectivity index (χ2n) is 5.15. The molecule has 0 saturated carbocycles. The van der Waals surface area contributed by atoms with Crippen LogP contribution in [0.15, 0.2) is 48.5 Å². The smallest absolute Gasteiger partial charge is 0.292 e. The Balaban J connectivity index is 1.79. The summed E-state index contributed by atoms with van der Waals surface area (Å²) in [5.41, 5.74) is -0.432. The van der Waals surface area contributed by atoms with Crippen molar-refractivity contribution in [3.63, 3.8) is 0 Å². The van der Waals surface area contributed by atoms with Crippen LogP contribution in [0.1, 0.15) is 15.9 Å². The lowest BCUT2D eigenvalue weighted by Gasteiger charge is -2.06. The highest BCUT2D eigenvalue weighted by molar-refractivity contribution is 5.95. The number of hydrogen-bond acceptors (Lipinski definition) is 4. The van der Waals surface area contributed by atoms with E-state index in [9.17, 15) is 22.4 Å². The molecule has 3 rings (SSSR count). The van der Waals surface area contributed by atoms with E-state index >= 15 is 0 Å². The van der Waals surface area contributed by atoms with Gasteiger partial charge >= 0.3 is 6.18 Å². The minimum Gasteiger partial charge on any atom is -0.292 e. The summed E-state index contributed by atoms with van der Waals surface area (Å²) >= 11 is 0. The van der Waals surface area contributed by atoms with E-state index in [4.69, 9.17) is 0 Å². The maximum absolute atomic E-state index is 12.9. The molecule has 25 heavy (non-hydrogen) atoms. The Hall–Kier alpha value is -3.10. The Kier molecular flexibility index (Phi) is 4.30. The van der Waals surface area contributed by atoms with Gasteiger partial charge in [-0.05, 0) is 41.6 Å². The number of benzene rings is 2. The second kappa shape index (κ2) is 6.42. The Bertz CT molecular complexity index is 903. The number of Topliss-reactive ketones (excluding diaryl/α,β-unsaturated/α-hetero) is 1. The molecule has 0 aliphatic carbocycles. The minimum absolute atomic E-state index is 0.0296. The summed E-state index contributed by atoms with van der Waals surface area (Å²) in [6, 6.07) is 9.44. The van der Waals surface area contributed by atoms with Gasteiger partial charge in [0.2, 0.25) is 5.82 Å². The lowest BCUT2D eigenvalue weighted by atomic mass is 10.1. The van der Waals surface area contributed by atoms with Crippen LogP contribution in [-0.4, -0.2) is 26.0 Å². The number of hydrogen-bond donors (Lipinski definition) is 0. The highest BCUT2D eigenvalue weighted by atomic mass is 19.4.